The number of benzene rings is 1. The first-order valence-corrected chi connectivity index (χ1v) is 7.20. The zero-order valence-corrected chi connectivity index (χ0v) is 12.5. The van der Waals surface area contributed by atoms with Crippen LogP contribution in [0.2, 0.25) is 0 Å². The van der Waals surface area contributed by atoms with Gasteiger partial charge in [0.15, 0.2) is 0 Å². The van der Waals surface area contributed by atoms with Crippen LogP contribution in [0.4, 0.5) is 5.69 Å². The van der Waals surface area contributed by atoms with Crippen LogP contribution in [0.5, 0.6) is 0 Å². The van der Waals surface area contributed by atoms with Gasteiger partial charge >= 0.3 is 0 Å². The van der Waals surface area contributed by atoms with Crippen molar-refractivity contribution in [2.24, 2.45) is 0 Å². The summed E-state index contributed by atoms with van der Waals surface area (Å²) in [6, 6.07) is 7.24. The van der Waals surface area contributed by atoms with Gasteiger partial charge in [0.25, 0.3) is 5.91 Å². The number of rotatable bonds is 3. The highest BCUT2D eigenvalue weighted by atomic mass is 16.5. The Morgan fingerprint density at radius 1 is 1.36 bits per heavy atom. The number of aryl methyl sites for hydroxylation is 2. The highest BCUT2D eigenvalue weighted by molar-refractivity contribution is 5.94. The molecule has 0 saturated carbocycles. The number of anilines is 1. The first-order chi connectivity index (χ1) is 10.5. The molecule has 0 radical (unpaired) electrons. The van der Waals surface area contributed by atoms with E-state index in [1.807, 2.05) is 25.1 Å². The maximum atomic E-state index is 12.1. The Balaban J connectivity index is 1.74. The third-order valence-electron chi connectivity index (χ3n) is 3.72. The van der Waals surface area contributed by atoms with Crippen molar-refractivity contribution >= 4 is 17.5 Å². The van der Waals surface area contributed by atoms with Crippen molar-refractivity contribution in [2.75, 3.05) is 5.32 Å². The molecule has 2 aromatic rings. The molecule has 1 unspecified atom stereocenters. The van der Waals surface area contributed by atoms with E-state index in [1.165, 1.54) is 0 Å². The van der Waals surface area contributed by atoms with Gasteiger partial charge < -0.3 is 15.2 Å². The number of nitrogens with one attached hydrogen (secondary N) is 2. The molecule has 22 heavy (non-hydrogen) atoms. The minimum atomic E-state index is -0.292. The summed E-state index contributed by atoms with van der Waals surface area (Å²) in [5.41, 5.74) is 3.60. The van der Waals surface area contributed by atoms with Crippen LogP contribution in [0.3, 0.4) is 0 Å². The SMILES string of the molecule is Cc1cc(C(=O)NC(C)c2ccc3c(c2)CCC(=O)N3)on1. The number of hydrogen-bond donors (Lipinski definition) is 2. The minimum Gasteiger partial charge on any atom is -0.351 e. The molecule has 1 aromatic heterocycles. The summed E-state index contributed by atoms with van der Waals surface area (Å²) in [7, 11) is 0. The topological polar surface area (TPSA) is 84.2 Å². The van der Waals surface area contributed by atoms with E-state index in [9.17, 15) is 9.59 Å². The summed E-state index contributed by atoms with van der Waals surface area (Å²) >= 11 is 0. The molecule has 0 aliphatic carbocycles. The predicted octanol–water partition coefficient (Wildman–Crippen LogP) is 2.36. The third kappa shape index (κ3) is 2.86. The van der Waals surface area contributed by atoms with Crippen LogP contribution in [0.1, 0.15) is 46.8 Å². The van der Waals surface area contributed by atoms with Gasteiger partial charge in [0, 0.05) is 18.2 Å². The van der Waals surface area contributed by atoms with Gasteiger partial charge in [0.05, 0.1) is 11.7 Å². The van der Waals surface area contributed by atoms with Gasteiger partial charge in [-0.3, -0.25) is 9.59 Å². The minimum absolute atomic E-state index is 0.0438. The van der Waals surface area contributed by atoms with E-state index in [-0.39, 0.29) is 23.6 Å². The first kappa shape index (κ1) is 14.3. The Kier molecular flexibility index (Phi) is 3.66. The highest BCUT2D eigenvalue weighted by Gasteiger charge is 2.18. The monoisotopic (exact) mass is 299 g/mol. The lowest BCUT2D eigenvalue weighted by Crippen LogP contribution is -2.26. The second-order valence-corrected chi connectivity index (χ2v) is 5.49. The molecular weight excluding hydrogens is 282 g/mol. The fourth-order valence-corrected chi connectivity index (χ4v) is 2.49. The van der Waals surface area contributed by atoms with Gasteiger partial charge in [0.1, 0.15) is 0 Å². The van der Waals surface area contributed by atoms with E-state index in [2.05, 4.69) is 15.8 Å². The van der Waals surface area contributed by atoms with Crippen LogP contribution in [-0.4, -0.2) is 17.0 Å². The van der Waals surface area contributed by atoms with Gasteiger partial charge in [-0.15, -0.1) is 0 Å². The molecule has 1 atom stereocenters. The number of nitrogens with zero attached hydrogens (tertiary/aromatic N) is 1. The average Bonchev–Trinajstić information content (AvgIpc) is 2.93. The van der Waals surface area contributed by atoms with Gasteiger partial charge in [-0.25, -0.2) is 0 Å². The number of hydrogen-bond acceptors (Lipinski definition) is 4. The highest BCUT2D eigenvalue weighted by Crippen LogP contribution is 2.26. The second-order valence-electron chi connectivity index (χ2n) is 5.49. The van der Waals surface area contributed by atoms with E-state index < -0.39 is 0 Å². The first-order valence-electron chi connectivity index (χ1n) is 7.20. The van der Waals surface area contributed by atoms with E-state index >= 15 is 0 Å². The number of carbonyl (C=O) groups is 2. The predicted molar refractivity (Wildman–Crippen MR) is 80.5 cm³/mol. The van der Waals surface area contributed by atoms with Crippen molar-refractivity contribution in [3.05, 3.63) is 46.8 Å². The molecule has 2 amide bonds. The largest absolute Gasteiger partial charge is 0.351 e. The number of carbonyl (C=O) groups excluding carboxylic acids is 2. The van der Waals surface area contributed by atoms with E-state index in [4.69, 9.17) is 4.52 Å². The molecule has 6 heteroatoms. The van der Waals surface area contributed by atoms with Crippen LogP contribution in [0, 0.1) is 6.92 Å². The Hall–Kier alpha value is -2.63. The summed E-state index contributed by atoms with van der Waals surface area (Å²) in [4.78, 5) is 23.4. The normalized spacial score (nSPS) is 14.9. The van der Waals surface area contributed by atoms with Crippen molar-refractivity contribution in [3.63, 3.8) is 0 Å². The quantitative estimate of drug-likeness (QED) is 0.911. The Bertz CT molecular complexity index is 736. The second kappa shape index (κ2) is 5.63. The fraction of sp³-hybridized carbons (Fsp3) is 0.312. The Labute approximate surface area is 127 Å². The molecule has 1 aromatic carbocycles. The molecule has 6 nitrogen and oxygen atoms in total. The zero-order valence-electron chi connectivity index (χ0n) is 12.5. The molecule has 0 saturated heterocycles. The van der Waals surface area contributed by atoms with Crippen LogP contribution >= 0.6 is 0 Å². The summed E-state index contributed by atoms with van der Waals surface area (Å²) in [5, 5.41) is 9.43. The molecular formula is C16H17N3O3. The Morgan fingerprint density at radius 2 is 2.18 bits per heavy atom. The van der Waals surface area contributed by atoms with Crippen molar-refractivity contribution in [1.29, 1.82) is 0 Å². The lowest BCUT2D eigenvalue weighted by atomic mass is 9.98. The van der Waals surface area contributed by atoms with Crippen molar-refractivity contribution in [3.8, 4) is 0 Å². The standard InChI is InChI=1S/C16H17N3O3/c1-9-7-14(22-19-9)16(21)17-10(2)11-3-5-13-12(8-11)4-6-15(20)18-13/h3,5,7-8,10H,4,6H2,1-2H3,(H,17,21)(H,18,20). The van der Waals surface area contributed by atoms with Gasteiger partial charge in [-0.05, 0) is 37.5 Å². The summed E-state index contributed by atoms with van der Waals surface area (Å²) in [6.45, 7) is 3.67. The van der Waals surface area contributed by atoms with Crippen LogP contribution in [0.15, 0.2) is 28.8 Å². The van der Waals surface area contributed by atoms with Crippen molar-refractivity contribution in [1.82, 2.24) is 10.5 Å². The van der Waals surface area contributed by atoms with Gasteiger partial charge in [-0.2, -0.15) is 0 Å². The number of fused-ring (bicyclic) bond motifs is 1. The molecule has 0 spiro atoms. The maximum absolute atomic E-state index is 12.1. The van der Waals surface area contributed by atoms with Gasteiger partial charge in [0.2, 0.25) is 11.7 Å². The average molecular weight is 299 g/mol. The van der Waals surface area contributed by atoms with E-state index in [1.54, 1.807) is 13.0 Å². The molecule has 0 fully saturated rings. The summed E-state index contributed by atoms with van der Waals surface area (Å²) in [6.07, 6.45) is 1.21. The number of amides is 2. The lowest BCUT2D eigenvalue weighted by Gasteiger charge is -2.20. The molecule has 2 N–H and O–H groups in total. The summed E-state index contributed by atoms with van der Waals surface area (Å²) in [5.74, 6) is -0.0454. The number of aromatic nitrogens is 1. The lowest BCUT2D eigenvalue weighted by molar-refractivity contribution is -0.116. The molecule has 1 aliphatic heterocycles. The molecule has 114 valence electrons. The molecule has 2 heterocycles. The summed E-state index contributed by atoms with van der Waals surface area (Å²) < 4.78 is 4.96. The van der Waals surface area contributed by atoms with Gasteiger partial charge in [-0.1, -0.05) is 17.3 Å². The smallest absolute Gasteiger partial charge is 0.290 e. The van der Waals surface area contributed by atoms with E-state index in [0.717, 1.165) is 23.2 Å². The molecule has 3 rings (SSSR count). The fourth-order valence-electron chi connectivity index (χ4n) is 2.49. The van der Waals surface area contributed by atoms with Crippen LogP contribution < -0.4 is 10.6 Å². The van der Waals surface area contributed by atoms with Crippen molar-refractivity contribution < 1.29 is 14.1 Å². The zero-order chi connectivity index (χ0) is 15.7. The van der Waals surface area contributed by atoms with Crippen LogP contribution in [0.25, 0.3) is 0 Å². The molecule has 0 bridgehead atoms. The maximum Gasteiger partial charge on any atom is 0.290 e. The molecule has 1 aliphatic rings. The van der Waals surface area contributed by atoms with Crippen molar-refractivity contribution in [2.45, 2.75) is 32.7 Å². The third-order valence-corrected chi connectivity index (χ3v) is 3.72. The van der Waals surface area contributed by atoms with Crippen LogP contribution in [-0.2, 0) is 11.2 Å². The Morgan fingerprint density at radius 3 is 2.91 bits per heavy atom. The van der Waals surface area contributed by atoms with E-state index in [0.29, 0.717) is 12.1 Å².